The maximum Gasteiger partial charge on any atom is 0.305 e. The van der Waals surface area contributed by atoms with Gasteiger partial charge in [0.25, 0.3) is 0 Å². The highest BCUT2D eigenvalue weighted by Gasteiger charge is 2.22. The second-order valence-corrected chi connectivity index (χ2v) is 9.26. The average molecular weight is 468 g/mol. The smallest absolute Gasteiger partial charge is 0.305 e. The van der Waals surface area contributed by atoms with Gasteiger partial charge in [-0.1, -0.05) is 36.4 Å². The fraction of sp³-hybridized carbons (Fsp3) is 0.346. The summed E-state index contributed by atoms with van der Waals surface area (Å²) in [7, 11) is 1.38. The molecular weight excluding hydrogens is 438 g/mol. The van der Waals surface area contributed by atoms with Crippen molar-refractivity contribution in [3.63, 3.8) is 0 Å². The van der Waals surface area contributed by atoms with Crippen LogP contribution in [0, 0.1) is 0 Å². The lowest BCUT2D eigenvalue weighted by Gasteiger charge is -2.22. The lowest BCUT2D eigenvalue weighted by molar-refractivity contribution is -0.140. The van der Waals surface area contributed by atoms with Crippen LogP contribution >= 0.6 is 0 Å². The van der Waals surface area contributed by atoms with E-state index in [4.69, 9.17) is 9.47 Å². The van der Waals surface area contributed by atoms with Crippen molar-refractivity contribution in [2.45, 2.75) is 44.6 Å². The van der Waals surface area contributed by atoms with Gasteiger partial charge in [0.2, 0.25) is 0 Å². The van der Waals surface area contributed by atoms with Crippen molar-refractivity contribution < 1.29 is 23.0 Å². The van der Waals surface area contributed by atoms with E-state index in [1.165, 1.54) is 7.11 Å². The third kappa shape index (κ3) is 5.92. The summed E-state index contributed by atoms with van der Waals surface area (Å²) in [6.45, 7) is 0. The highest BCUT2D eigenvalue weighted by Crippen LogP contribution is 2.41. The Balaban J connectivity index is 1.81. The molecule has 0 saturated heterocycles. The number of methoxy groups -OCH3 is 1. The summed E-state index contributed by atoms with van der Waals surface area (Å²) < 4.78 is 32.1. The van der Waals surface area contributed by atoms with E-state index in [9.17, 15) is 13.6 Å². The summed E-state index contributed by atoms with van der Waals surface area (Å²) in [4.78, 5) is 11.7. The molecule has 0 heterocycles. The summed E-state index contributed by atoms with van der Waals surface area (Å²) >= 11 is -2.01. The van der Waals surface area contributed by atoms with E-state index in [0.29, 0.717) is 17.9 Å². The highest BCUT2D eigenvalue weighted by atomic mass is 32.2. The molecule has 1 unspecified atom stereocenters. The first-order valence-electron chi connectivity index (χ1n) is 11.2. The minimum Gasteiger partial charge on any atom is -0.488 e. The Bertz CT molecular complexity index is 1160. The second-order valence-electron chi connectivity index (χ2n) is 8.33. The molecular formula is C26H29NO5S. The van der Waals surface area contributed by atoms with Crippen LogP contribution in [0.15, 0.2) is 54.6 Å². The van der Waals surface area contributed by atoms with Gasteiger partial charge in [-0.2, -0.15) is 0 Å². The van der Waals surface area contributed by atoms with Gasteiger partial charge in [-0.25, -0.2) is 4.21 Å². The molecule has 3 aromatic carbocycles. The Morgan fingerprint density at radius 1 is 1.09 bits per heavy atom. The topological polar surface area (TPSA) is 84.9 Å². The van der Waals surface area contributed by atoms with Crippen molar-refractivity contribution in [2.24, 2.45) is 0 Å². The number of rotatable bonds is 9. The summed E-state index contributed by atoms with van der Waals surface area (Å²) in [5.41, 5.74) is 3.49. The summed E-state index contributed by atoms with van der Waals surface area (Å²) in [5, 5.41) is 5.35. The van der Waals surface area contributed by atoms with Crippen LogP contribution in [-0.2, 0) is 27.0 Å². The van der Waals surface area contributed by atoms with E-state index in [2.05, 4.69) is 41.7 Å². The zero-order chi connectivity index (χ0) is 23.2. The Labute approximate surface area is 196 Å². The van der Waals surface area contributed by atoms with E-state index in [0.717, 1.165) is 53.1 Å². The molecule has 4 rings (SSSR count). The molecule has 0 bridgehead atoms. The van der Waals surface area contributed by atoms with Gasteiger partial charge in [-0.3, -0.25) is 4.79 Å². The van der Waals surface area contributed by atoms with Gasteiger partial charge in [0.1, 0.15) is 5.88 Å². The molecule has 1 aliphatic carbocycles. The fourth-order valence-electron chi connectivity index (χ4n) is 4.32. The van der Waals surface area contributed by atoms with E-state index in [-0.39, 0.29) is 24.4 Å². The molecule has 1 atom stereocenters. The van der Waals surface area contributed by atoms with Crippen molar-refractivity contribution in [2.75, 3.05) is 18.3 Å². The van der Waals surface area contributed by atoms with Gasteiger partial charge < -0.3 is 19.3 Å². The van der Waals surface area contributed by atoms with Crippen LogP contribution in [0.3, 0.4) is 0 Å². The first kappa shape index (κ1) is 23.3. The molecule has 1 aliphatic rings. The van der Waals surface area contributed by atoms with E-state index >= 15 is 0 Å². The predicted octanol–water partition coefficient (Wildman–Crippen LogP) is 5.52. The summed E-state index contributed by atoms with van der Waals surface area (Å²) in [5.74, 6) is 0.294. The average Bonchev–Trinajstić information content (AvgIpc) is 3.34. The maximum absolute atomic E-state index is 11.7. The summed E-state index contributed by atoms with van der Waals surface area (Å²) in [6, 6.07) is 18.4. The van der Waals surface area contributed by atoms with Crippen molar-refractivity contribution in [3.8, 4) is 16.9 Å². The molecule has 2 N–H and O–H groups in total. The maximum atomic E-state index is 11.7. The number of ether oxygens (including phenoxy) is 2. The minimum atomic E-state index is -2.01. The van der Waals surface area contributed by atoms with E-state index in [1.807, 2.05) is 18.2 Å². The number of nitrogens with one attached hydrogen (secondary N) is 1. The molecule has 1 fully saturated rings. The Hall–Kier alpha value is -2.90. The van der Waals surface area contributed by atoms with E-state index in [1.54, 1.807) is 0 Å². The molecule has 0 spiro atoms. The number of carbonyl (C=O) groups is 1. The van der Waals surface area contributed by atoms with Crippen molar-refractivity contribution in [1.82, 2.24) is 0 Å². The van der Waals surface area contributed by atoms with Crippen LogP contribution in [-0.4, -0.2) is 33.8 Å². The Morgan fingerprint density at radius 3 is 2.58 bits per heavy atom. The monoisotopic (exact) mass is 467 g/mol. The Kier molecular flexibility index (Phi) is 7.62. The first-order chi connectivity index (χ1) is 16.0. The van der Waals surface area contributed by atoms with Gasteiger partial charge in [0.05, 0.1) is 18.9 Å². The zero-order valence-corrected chi connectivity index (χ0v) is 19.5. The third-order valence-corrected chi connectivity index (χ3v) is 6.42. The quantitative estimate of drug-likeness (QED) is 0.318. The standard InChI is InChI=1S/C26H29NO5S/c1-31-25(28)13-10-18-14-23(21-12-11-19-6-2-3-7-20(19)16-21)26(32-22-8-4-5-9-22)24(15-18)27-17-33(29)30/h2-3,6-7,11-12,14-16,22,27H,4-5,8-10,13,17H2,1H3,(H,29,30). The molecule has 1 saturated carbocycles. The largest absolute Gasteiger partial charge is 0.488 e. The molecule has 0 aromatic heterocycles. The lowest BCUT2D eigenvalue weighted by atomic mass is 9.96. The van der Waals surface area contributed by atoms with Crippen LogP contribution in [0.5, 0.6) is 5.75 Å². The number of esters is 1. The molecule has 3 aromatic rings. The molecule has 6 nitrogen and oxygen atoms in total. The van der Waals surface area contributed by atoms with Gasteiger partial charge in [-0.05, 0) is 72.2 Å². The third-order valence-electron chi connectivity index (χ3n) is 6.03. The normalized spacial score (nSPS) is 14.8. The van der Waals surface area contributed by atoms with Crippen molar-refractivity contribution >= 4 is 33.5 Å². The van der Waals surface area contributed by atoms with Gasteiger partial charge >= 0.3 is 5.97 Å². The van der Waals surface area contributed by atoms with Crippen LogP contribution in [0.1, 0.15) is 37.7 Å². The minimum absolute atomic E-state index is 0.112. The molecule has 174 valence electrons. The van der Waals surface area contributed by atoms with Crippen LogP contribution in [0.25, 0.3) is 21.9 Å². The van der Waals surface area contributed by atoms with Crippen LogP contribution < -0.4 is 10.1 Å². The molecule has 0 aliphatic heterocycles. The fourth-order valence-corrected chi connectivity index (χ4v) is 4.60. The van der Waals surface area contributed by atoms with E-state index < -0.39 is 11.1 Å². The molecule has 0 radical (unpaired) electrons. The predicted molar refractivity (Wildman–Crippen MR) is 132 cm³/mol. The van der Waals surface area contributed by atoms with Gasteiger partial charge in [0.15, 0.2) is 16.8 Å². The molecule has 0 amide bonds. The second kappa shape index (κ2) is 10.8. The highest BCUT2D eigenvalue weighted by molar-refractivity contribution is 7.79. The Morgan fingerprint density at radius 2 is 1.85 bits per heavy atom. The summed E-state index contributed by atoms with van der Waals surface area (Å²) in [6.07, 6.45) is 5.12. The number of aryl methyl sites for hydroxylation is 1. The van der Waals surface area contributed by atoms with Gasteiger partial charge in [0, 0.05) is 12.0 Å². The number of carbonyl (C=O) groups excluding carboxylic acids is 1. The first-order valence-corrected chi connectivity index (χ1v) is 12.5. The zero-order valence-electron chi connectivity index (χ0n) is 18.7. The number of hydrogen-bond donors (Lipinski definition) is 2. The van der Waals surface area contributed by atoms with Crippen molar-refractivity contribution in [1.29, 1.82) is 0 Å². The lowest BCUT2D eigenvalue weighted by Crippen LogP contribution is -2.15. The van der Waals surface area contributed by atoms with Crippen molar-refractivity contribution in [3.05, 3.63) is 60.2 Å². The van der Waals surface area contributed by atoms with Crippen LogP contribution in [0.2, 0.25) is 0 Å². The number of benzene rings is 3. The number of fused-ring (bicyclic) bond motifs is 1. The van der Waals surface area contributed by atoms with Crippen LogP contribution in [0.4, 0.5) is 5.69 Å². The SMILES string of the molecule is COC(=O)CCc1cc(NCS(=O)O)c(OC2CCCC2)c(-c2ccc3ccccc3c2)c1. The number of hydrogen-bond acceptors (Lipinski definition) is 5. The van der Waals surface area contributed by atoms with Gasteiger partial charge in [-0.15, -0.1) is 0 Å². The molecule has 33 heavy (non-hydrogen) atoms. The molecule has 7 heteroatoms. The number of anilines is 1.